The van der Waals surface area contributed by atoms with E-state index >= 15 is 0 Å². The first-order chi connectivity index (χ1) is 16.2. The van der Waals surface area contributed by atoms with Crippen LogP contribution in [0.1, 0.15) is 12.5 Å². The van der Waals surface area contributed by atoms with Crippen LogP contribution in [0.3, 0.4) is 0 Å². The SMILES string of the molecule is CC1OCC(N(CC#N)c2ccc(Oc3cccc(OCc4ccccc4)c3)cc2)=C1C#N. The van der Waals surface area contributed by atoms with Crippen LogP contribution in [-0.2, 0) is 11.3 Å². The van der Waals surface area contributed by atoms with E-state index in [2.05, 4.69) is 12.1 Å². The molecule has 164 valence electrons. The number of ether oxygens (including phenoxy) is 3. The van der Waals surface area contributed by atoms with Crippen LogP contribution in [0.5, 0.6) is 17.2 Å². The third kappa shape index (κ3) is 5.33. The fourth-order valence-corrected chi connectivity index (χ4v) is 3.59. The quantitative estimate of drug-likeness (QED) is 0.428. The molecule has 6 heteroatoms. The van der Waals surface area contributed by atoms with Crippen LogP contribution in [0.2, 0.25) is 0 Å². The van der Waals surface area contributed by atoms with Crippen LogP contribution in [0.25, 0.3) is 0 Å². The van der Waals surface area contributed by atoms with Crippen molar-refractivity contribution in [1.82, 2.24) is 0 Å². The van der Waals surface area contributed by atoms with Gasteiger partial charge in [0.25, 0.3) is 0 Å². The summed E-state index contributed by atoms with van der Waals surface area (Å²) in [6.45, 7) is 2.75. The Morgan fingerprint density at radius 1 is 0.939 bits per heavy atom. The van der Waals surface area contributed by atoms with E-state index in [4.69, 9.17) is 14.2 Å². The Kier molecular flexibility index (Phi) is 6.90. The van der Waals surface area contributed by atoms with E-state index in [1.807, 2.05) is 90.7 Å². The van der Waals surface area contributed by atoms with Crippen molar-refractivity contribution in [2.24, 2.45) is 0 Å². The van der Waals surface area contributed by atoms with Gasteiger partial charge < -0.3 is 19.1 Å². The maximum absolute atomic E-state index is 9.48. The number of hydrogen-bond donors (Lipinski definition) is 0. The minimum absolute atomic E-state index is 0.123. The van der Waals surface area contributed by atoms with Crippen molar-refractivity contribution in [1.29, 1.82) is 10.5 Å². The molecular formula is C27H23N3O3. The van der Waals surface area contributed by atoms with Gasteiger partial charge in [0.05, 0.1) is 36.1 Å². The van der Waals surface area contributed by atoms with Crippen molar-refractivity contribution in [2.75, 3.05) is 18.1 Å². The Labute approximate surface area is 193 Å². The highest BCUT2D eigenvalue weighted by Crippen LogP contribution is 2.31. The summed E-state index contributed by atoms with van der Waals surface area (Å²) in [5.74, 6) is 2.04. The van der Waals surface area contributed by atoms with Crippen molar-refractivity contribution >= 4 is 5.69 Å². The van der Waals surface area contributed by atoms with Crippen LogP contribution in [0.4, 0.5) is 5.69 Å². The first kappa shape index (κ1) is 22.0. The Morgan fingerprint density at radius 3 is 2.42 bits per heavy atom. The lowest BCUT2D eigenvalue weighted by Crippen LogP contribution is -2.24. The highest BCUT2D eigenvalue weighted by atomic mass is 16.5. The number of nitrogens with zero attached hydrogens (tertiary/aromatic N) is 3. The number of nitriles is 2. The van der Waals surface area contributed by atoms with Gasteiger partial charge in [-0.1, -0.05) is 36.4 Å². The summed E-state index contributed by atoms with van der Waals surface area (Å²) in [6, 6.07) is 29.3. The van der Waals surface area contributed by atoms with Gasteiger partial charge in [-0.3, -0.25) is 0 Å². The molecule has 1 aliphatic rings. The number of hydrogen-bond acceptors (Lipinski definition) is 6. The summed E-state index contributed by atoms with van der Waals surface area (Å²) >= 11 is 0. The fraction of sp³-hybridized carbons (Fsp3) is 0.185. The minimum atomic E-state index is -0.273. The zero-order valence-corrected chi connectivity index (χ0v) is 18.3. The molecule has 0 amide bonds. The summed E-state index contributed by atoms with van der Waals surface area (Å²) in [7, 11) is 0. The molecule has 0 fully saturated rings. The summed E-state index contributed by atoms with van der Waals surface area (Å²) in [6.07, 6.45) is -0.273. The monoisotopic (exact) mass is 437 g/mol. The van der Waals surface area contributed by atoms with Gasteiger partial charge >= 0.3 is 0 Å². The van der Waals surface area contributed by atoms with E-state index in [1.54, 1.807) is 0 Å². The maximum atomic E-state index is 9.48. The predicted octanol–water partition coefficient (Wildman–Crippen LogP) is 5.58. The molecule has 0 saturated carbocycles. The first-order valence-electron chi connectivity index (χ1n) is 10.6. The molecule has 1 unspecified atom stereocenters. The van der Waals surface area contributed by atoms with Crippen molar-refractivity contribution in [3.8, 4) is 29.4 Å². The molecular weight excluding hydrogens is 414 g/mol. The molecule has 1 aliphatic heterocycles. The van der Waals surface area contributed by atoms with E-state index in [0.717, 1.165) is 22.7 Å². The molecule has 0 aromatic heterocycles. The van der Waals surface area contributed by atoms with Gasteiger partial charge in [-0.05, 0) is 48.9 Å². The van der Waals surface area contributed by atoms with Crippen LogP contribution in [0, 0.1) is 22.7 Å². The Bertz CT molecular complexity index is 1210. The summed E-state index contributed by atoms with van der Waals surface area (Å²) in [5, 5.41) is 18.8. The molecule has 0 saturated heterocycles. The van der Waals surface area contributed by atoms with E-state index in [-0.39, 0.29) is 12.6 Å². The lowest BCUT2D eigenvalue weighted by Gasteiger charge is -2.23. The fourth-order valence-electron chi connectivity index (χ4n) is 3.59. The smallest absolute Gasteiger partial charge is 0.131 e. The second kappa shape index (κ2) is 10.4. The average Bonchev–Trinajstić information content (AvgIpc) is 3.23. The van der Waals surface area contributed by atoms with Gasteiger partial charge in [0.2, 0.25) is 0 Å². The van der Waals surface area contributed by atoms with Crippen molar-refractivity contribution in [3.05, 3.63) is 95.7 Å². The molecule has 1 heterocycles. The second-order valence-corrected chi connectivity index (χ2v) is 7.51. The zero-order valence-electron chi connectivity index (χ0n) is 18.3. The average molecular weight is 437 g/mol. The molecule has 0 radical (unpaired) electrons. The molecule has 6 nitrogen and oxygen atoms in total. The number of benzene rings is 3. The van der Waals surface area contributed by atoms with Crippen molar-refractivity contribution in [3.63, 3.8) is 0 Å². The van der Waals surface area contributed by atoms with Gasteiger partial charge in [0, 0.05) is 11.8 Å². The summed E-state index contributed by atoms with van der Waals surface area (Å²) in [5.41, 5.74) is 3.17. The third-order valence-electron chi connectivity index (χ3n) is 5.30. The number of anilines is 1. The Balaban J connectivity index is 1.46. The molecule has 33 heavy (non-hydrogen) atoms. The lowest BCUT2D eigenvalue weighted by atomic mass is 10.1. The Morgan fingerprint density at radius 2 is 1.70 bits per heavy atom. The molecule has 4 rings (SSSR count). The third-order valence-corrected chi connectivity index (χ3v) is 5.30. The normalized spacial score (nSPS) is 14.9. The first-order valence-corrected chi connectivity index (χ1v) is 10.6. The predicted molar refractivity (Wildman–Crippen MR) is 125 cm³/mol. The molecule has 0 aliphatic carbocycles. The van der Waals surface area contributed by atoms with Crippen LogP contribution < -0.4 is 14.4 Å². The zero-order chi connectivity index (χ0) is 23.0. The van der Waals surface area contributed by atoms with Gasteiger partial charge in [0.1, 0.15) is 30.4 Å². The second-order valence-electron chi connectivity index (χ2n) is 7.51. The van der Waals surface area contributed by atoms with Crippen LogP contribution in [0.15, 0.2) is 90.1 Å². The maximum Gasteiger partial charge on any atom is 0.131 e. The molecule has 0 N–H and O–H groups in total. The molecule has 0 bridgehead atoms. The highest BCUT2D eigenvalue weighted by molar-refractivity contribution is 5.58. The topological polar surface area (TPSA) is 78.5 Å². The Hall–Kier alpha value is -4.26. The van der Waals surface area contributed by atoms with Crippen LogP contribution in [-0.4, -0.2) is 19.3 Å². The summed E-state index contributed by atoms with van der Waals surface area (Å²) in [4.78, 5) is 1.81. The number of rotatable bonds is 8. The van der Waals surface area contributed by atoms with Crippen molar-refractivity contribution < 1.29 is 14.2 Å². The highest BCUT2D eigenvalue weighted by Gasteiger charge is 2.27. The largest absolute Gasteiger partial charge is 0.489 e. The van der Waals surface area contributed by atoms with Gasteiger partial charge in [-0.25, -0.2) is 0 Å². The standard InChI is InChI=1S/C27H23N3O3/c1-20-26(17-29)27(19-31-20)30(15-14-28)22-10-12-23(13-11-22)33-25-9-5-8-24(16-25)32-18-21-6-3-2-4-7-21/h2-13,16,20H,15,18-19H2,1H3. The summed E-state index contributed by atoms with van der Waals surface area (Å²) < 4.78 is 17.5. The molecule has 3 aromatic rings. The van der Waals surface area contributed by atoms with E-state index in [0.29, 0.717) is 30.3 Å². The van der Waals surface area contributed by atoms with Gasteiger partial charge in [0.15, 0.2) is 0 Å². The lowest BCUT2D eigenvalue weighted by molar-refractivity contribution is 0.135. The molecule has 0 spiro atoms. The van der Waals surface area contributed by atoms with E-state index < -0.39 is 0 Å². The van der Waals surface area contributed by atoms with Crippen molar-refractivity contribution in [2.45, 2.75) is 19.6 Å². The van der Waals surface area contributed by atoms with E-state index in [9.17, 15) is 10.5 Å². The van der Waals surface area contributed by atoms with Gasteiger partial charge in [-0.2, -0.15) is 10.5 Å². The van der Waals surface area contributed by atoms with Gasteiger partial charge in [-0.15, -0.1) is 0 Å². The minimum Gasteiger partial charge on any atom is -0.489 e. The van der Waals surface area contributed by atoms with E-state index in [1.165, 1.54) is 0 Å². The van der Waals surface area contributed by atoms with Crippen LogP contribution >= 0.6 is 0 Å². The molecule has 1 atom stereocenters. The molecule has 3 aromatic carbocycles.